The van der Waals surface area contributed by atoms with Crippen LogP contribution in [-0.4, -0.2) is 35.5 Å². The fraction of sp³-hybridized carbons (Fsp3) is 0.333. The highest BCUT2D eigenvalue weighted by Gasteiger charge is 2.28. The van der Waals surface area contributed by atoms with Crippen LogP contribution in [0.15, 0.2) is 59.1 Å². The maximum absolute atomic E-state index is 12.7. The number of nitrogens with zero attached hydrogens (tertiary/aromatic N) is 2. The Bertz CT molecular complexity index is 1020. The number of piperidine rings is 1. The third-order valence-electron chi connectivity index (χ3n) is 5.46. The van der Waals surface area contributed by atoms with Gasteiger partial charge in [0.05, 0.1) is 12.1 Å². The van der Waals surface area contributed by atoms with E-state index in [-0.39, 0.29) is 18.4 Å². The predicted octanol–water partition coefficient (Wildman–Crippen LogP) is 5.01. The molecule has 1 saturated heterocycles. The Balaban J connectivity index is 1.36. The second kappa shape index (κ2) is 9.35. The van der Waals surface area contributed by atoms with Crippen LogP contribution < -0.4 is 4.74 Å². The zero-order valence-electron chi connectivity index (χ0n) is 17.0. The molecule has 30 heavy (non-hydrogen) atoms. The highest BCUT2D eigenvalue weighted by atomic mass is 35.5. The van der Waals surface area contributed by atoms with Crippen molar-refractivity contribution in [3.63, 3.8) is 0 Å². The van der Waals surface area contributed by atoms with Crippen molar-refractivity contribution in [2.24, 2.45) is 0 Å². The number of hydrogen-bond donors (Lipinski definition) is 0. The van der Waals surface area contributed by atoms with E-state index in [0.717, 1.165) is 47.0 Å². The molecule has 1 atom stereocenters. The Kier molecular flexibility index (Phi) is 6.38. The van der Waals surface area contributed by atoms with Gasteiger partial charge in [0, 0.05) is 24.5 Å². The van der Waals surface area contributed by atoms with Gasteiger partial charge < -0.3 is 14.1 Å². The lowest BCUT2D eigenvalue weighted by atomic mass is 9.98. The summed E-state index contributed by atoms with van der Waals surface area (Å²) < 4.78 is 11.7. The molecule has 1 fully saturated rings. The minimum absolute atomic E-state index is 0.00852. The van der Waals surface area contributed by atoms with Gasteiger partial charge in [-0.05, 0) is 43.0 Å². The van der Waals surface area contributed by atoms with E-state index in [1.54, 1.807) is 6.20 Å². The van der Waals surface area contributed by atoms with Crippen molar-refractivity contribution < 1.29 is 13.9 Å². The molecule has 1 aliphatic heterocycles. The molecule has 0 aliphatic carbocycles. The standard InChI is InChI=1S/C24H25ClN2O3/c1-17-7-2-5-11-22(17)29-16-23(28)27-12-6-9-19(15-27)24-26-14-20(30-24)13-18-8-3-4-10-21(18)25/h2-5,7-8,10-11,14,19H,6,9,12-13,15-16H2,1H3. The Hall–Kier alpha value is -2.79. The Morgan fingerprint density at radius 2 is 2.03 bits per heavy atom. The van der Waals surface area contributed by atoms with Gasteiger partial charge in [0.15, 0.2) is 12.5 Å². The molecule has 2 heterocycles. The normalized spacial score (nSPS) is 16.5. The summed E-state index contributed by atoms with van der Waals surface area (Å²) in [6, 6.07) is 15.4. The number of carbonyl (C=O) groups is 1. The number of halogens is 1. The lowest BCUT2D eigenvalue weighted by molar-refractivity contribution is -0.134. The molecule has 1 aliphatic rings. The van der Waals surface area contributed by atoms with Crippen molar-refractivity contribution in [1.29, 1.82) is 0 Å². The number of benzene rings is 2. The first-order chi connectivity index (χ1) is 14.6. The number of aryl methyl sites for hydroxylation is 1. The molecule has 2 aromatic carbocycles. The fourth-order valence-corrected chi connectivity index (χ4v) is 3.98. The molecular weight excluding hydrogens is 400 g/mol. The van der Waals surface area contributed by atoms with E-state index >= 15 is 0 Å². The van der Waals surface area contributed by atoms with Crippen LogP contribution in [0.2, 0.25) is 5.02 Å². The minimum Gasteiger partial charge on any atom is -0.484 e. The number of rotatable bonds is 6. The van der Waals surface area contributed by atoms with Crippen molar-refractivity contribution in [3.05, 3.63) is 82.5 Å². The maximum atomic E-state index is 12.7. The van der Waals surface area contributed by atoms with E-state index in [9.17, 15) is 4.79 Å². The highest BCUT2D eigenvalue weighted by Crippen LogP contribution is 2.28. The number of carbonyl (C=O) groups excluding carboxylic acids is 1. The van der Waals surface area contributed by atoms with Crippen molar-refractivity contribution in [2.45, 2.75) is 32.1 Å². The Morgan fingerprint density at radius 3 is 2.87 bits per heavy atom. The number of likely N-dealkylation sites (tertiary alicyclic amines) is 1. The molecule has 1 unspecified atom stereocenters. The summed E-state index contributed by atoms with van der Waals surface area (Å²) in [7, 11) is 0. The Labute approximate surface area is 181 Å². The van der Waals surface area contributed by atoms with Gasteiger partial charge in [-0.1, -0.05) is 48.0 Å². The average molecular weight is 425 g/mol. The molecule has 156 valence electrons. The van der Waals surface area contributed by atoms with Gasteiger partial charge in [-0.3, -0.25) is 4.79 Å². The van der Waals surface area contributed by atoms with E-state index < -0.39 is 0 Å². The molecule has 0 bridgehead atoms. The van der Waals surface area contributed by atoms with Crippen molar-refractivity contribution in [3.8, 4) is 5.75 Å². The third-order valence-corrected chi connectivity index (χ3v) is 5.83. The maximum Gasteiger partial charge on any atom is 0.260 e. The van der Waals surface area contributed by atoms with Gasteiger partial charge in [0.25, 0.3) is 5.91 Å². The van der Waals surface area contributed by atoms with Gasteiger partial charge >= 0.3 is 0 Å². The van der Waals surface area contributed by atoms with Crippen LogP contribution in [-0.2, 0) is 11.2 Å². The van der Waals surface area contributed by atoms with Crippen molar-refractivity contribution in [1.82, 2.24) is 9.88 Å². The summed E-state index contributed by atoms with van der Waals surface area (Å²) in [5.41, 5.74) is 2.03. The first-order valence-corrected chi connectivity index (χ1v) is 10.6. The summed E-state index contributed by atoms with van der Waals surface area (Å²) in [6.45, 7) is 3.35. The smallest absolute Gasteiger partial charge is 0.260 e. The summed E-state index contributed by atoms with van der Waals surface area (Å²) in [6.07, 6.45) is 4.24. The SMILES string of the molecule is Cc1ccccc1OCC(=O)N1CCCC(c2ncc(Cc3ccccc3Cl)o2)C1. The van der Waals surface area contributed by atoms with Crippen LogP contribution in [0.3, 0.4) is 0 Å². The molecular formula is C24H25ClN2O3. The molecule has 6 heteroatoms. The summed E-state index contributed by atoms with van der Waals surface area (Å²) >= 11 is 6.25. The van der Waals surface area contributed by atoms with E-state index in [4.69, 9.17) is 20.8 Å². The molecule has 0 saturated carbocycles. The monoisotopic (exact) mass is 424 g/mol. The fourth-order valence-electron chi connectivity index (χ4n) is 3.78. The van der Waals surface area contributed by atoms with Crippen molar-refractivity contribution >= 4 is 17.5 Å². The molecule has 5 nitrogen and oxygen atoms in total. The number of oxazole rings is 1. The largest absolute Gasteiger partial charge is 0.484 e. The molecule has 1 amide bonds. The molecule has 4 rings (SSSR count). The van der Waals surface area contributed by atoms with Gasteiger partial charge in [0.1, 0.15) is 11.5 Å². The average Bonchev–Trinajstić information content (AvgIpc) is 3.23. The number of para-hydroxylation sites is 1. The van der Waals surface area contributed by atoms with E-state index in [1.165, 1.54) is 0 Å². The molecule has 1 aromatic heterocycles. The number of aromatic nitrogens is 1. The molecule has 3 aromatic rings. The van der Waals surface area contributed by atoms with E-state index in [0.29, 0.717) is 18.9 Å². The van der Waals surface area contributed by atoms with Crippen molar-refractivity contribution in [2.75, 3.05) is 19.7 Å². The minimum atomic E-state index is -0.00852. The highest BCUT2D eigenvalue weighted by molar-refractivity contribution is 6.31. The number of amides is 1. The lowest BCUT2D eigenvalue weighted by Gasteiger charge is -2.31. The van der Waals surface area contributed by atoms with Crippen LogP contribution >= 0.6 is 11.6 Å². The lowest BCUT2D eigenvalue weighted by Crippen LogP contribution is -2.41. The second-order valence-electron chi connectivity index (χ2n) is 7.67. The second-order valence-corrected chi connectivity index (χ2v) is 8.07. The predicted molar refractivity (Wildman–Crippen MR) is 116 cm³/mol. The van der Waals surface area contributed by atoms with Gasteiger partial charge in [-0.25, -0.2) is 4.98 Å². The third kappa shape index (κ3) is 4.85. The number of ether oxygens (including phenoxy) is 1. The van der Waals surface area contributed by atoms with Crippen LogP contribution in [0.4, 0.5) is 0 Å². The van der Waals surface area contributed by atoms with Crippen LogP contribution in [0.25, 0.3) is 0 Å². The van der Waals surface area contributed by atoms with Crippen LogP contribution in [0.5, 0.6) is 5.75 Å². The summed E-state index contributed by atoms with van der Waals surface area (Å²) in [4.78, 5) is 19.0. The Morgan fingerprint density at radius 1 is 1.23 bits per heavy atom. The van der Waals surface area contributed by atoms with E-state index in [1.807, 2.05) is 60.4 Å². The van der Waals surface area contributed by atoms with Crippen LogP contribution in [0.1, 0.15) is 41.5 Å². The number of hydrogen-bond acceptors (Lipinski definition) is 4. The molecule has 0 spiro atoms. The van der Waals surface area contributed by atoms with Gasteiger partial charge in [-0.15, -0.1) is 0 Å². The topological polar surface area (TPSA) is 55.6 Å². The summed E-state index contributed by atoms with van der Waals surface area (Å²) in [5.74, 6) is 2.31. The molecule has 0 N–H and O–H groups in total. The van der Waals surface area contributed by atoms with Crippen LogP contribution in [0, 0.1) is 6.92 Å². The van der Waals surface area contributed by atoms with Gasteiger partial charge in [-0.2, -0.15) is 0 Å². The quantitative estimate of drug-likeness (QED) is 0.558. The zero-order valence-corrected chi connectivity index (χ0v) is 17.8. The molecule has 0 radical (unpaired) electrons. The zero-order chi connectivity index (χ0) is 20.9. The first kappa shape index (κ1) is 20.5. The van der Waals surface area contributed by atoms with E-state index in [2.05, 4.69) is 4.98 Å². The summed E-state index contributed by atoms with van der Waals surface area (Å²) in [5, 5.41) is 0.721. The first-order valence-electron chi connectivity index (χ1n) is 10.2. The van der Waals surface area contributed by atoms with Gasteiger partial charge in [0.2, 0.25) is 0 Å².